The van der Waals surface area contributed by atoms with Crippen molar-refractivity contribution in [2.75, 3.05) is 13.2 Å². The summed E-state index contributed by atoms with van der Waals surface area (Å²) >= 11 is 0. The van der Waals surface area contributed by atoms with Crippen LogP contribution in [0.5, 0.6) is 0 Å². The first kappa shape index (κ1) is 15.0. The molecule has 1 fully saturated rings. The average molecular weight is 270 g/mol. The van der Waals surface area contributed by atoms with E-state index in [2.05, 4.69) is 5.32 Å². The van der Waals surface area contributed by atoms with Gasteiger partial charge in [-0.15, -0.1) is 0 Å². The number of halogens is 1. The summed E-state index contributed by atoms with van der Waals surface area (Å²) in [6.07, 6.45) is 4.86. The van der Waals surface area contributed by atoms with E-state index in [1.54, 1.807) is 12.1 Å². The first-order valence-corrected chi connectivity index (χ1v) is 6.42. The number of carbonyl (C=O) groups is 1. The number of nitrogens with two attached hydrogens (primary N) is 1. The Morgan fingerprint density at radius 2 is 2.06 bits per heavy atom. The van der Waals surface area contributed by atoms with Gasteiger partial charge >= 0.3 is 5.97 Å². The fraction of sp³-hybridized carbons (Fsp3) is 0.500. The van der Waals surface area contributed by atoms with Gasteiger partial charge in [-0.25, -0.2) is 4.79 Å². The van der Waals surface area contributed by atoms with Gasteiger partial charge in [0.15, 0.2) is 0 Å². The Morgan fingerprint density at radius 1 is 1.28 bits per heavy atom. The molecular formula is C14H20ClNO2. The van der Waals surface area contributed by atoms with Crippen LogP contribution in [0.4, 0.5) is 0 Å². The molecular weight excluding hydrogens is 250 g/mol. The Bertz CT molecular complexity index is 350. The maximum atomic E-state index is 11.7. The fourth-order valence-corrected chi connectivity index (χ4v) is 2.25. The zero-order valence-corrected chi connectivity index (χ0v) is 11.2. The molecule has 18 heavy (non-hydrogen) atoms. The van der Waals surface area contributed by atoms with Gasteiger partial charge in [0.05, 0.1) is 24.8 Å². The molecule has 0 aliphatic carbocycles. The maximum Gasteiger partial charge on any atom is 0.338 e. The van der Waals surface area contributed by atoms with Gasteiger partial charge in [-0.3, -0.25) is 0 Å². The van der Waals surface area contributed by atoms with E-state index in [1.165, 1.54) is 25.8 Å². The molecule has 1 aliphatic heterocycles. The molecule has 2 N–H and O–H groups in total. The molecule has 4 heteroatoms. The van der Waals surface area contributed by atoms with Crippen LogP contribution in [0.2, 0.25) is 0 Å². The number of benzene rings is 1. The van der Waals surface area contributed by atoms with Crippen LogP contribution in [0.3, 0.4) is 0 Å². The summed E-state index contributed by atoms with van der Waals surface area (Å²) in [7, 11) is 0. The molecule has 0 saturated carbocycles. The van der Waals surface area contributed by atoms with E-state index < -0.39 is 0 Å². The van der Waals surface area contributed by atoms with Gasteiger partial charge in [-0.05, 0) is 31.4 Å². The summed E-state index contributed by atoms with van der Waals surface area (Å²) < 4.78 is 5.27. The first-order valence-electron chi connectivity index (χ1n) is 6.42. The van der Waals surface area contributed by atoms with E-state index in [-0.39, 0.29) is 18.4 Å². The zero-order valence-electron chi connectivity index (χ0n) is 10.5. The highest BCUT2D eigenvalue weighted by atomic mass is 35.5. The lowest BCUT2D eigenvalue weighted by Gasteiger charge is -2.19. The second kappa shape index (κ2) is 8.11. The highest BCUT2D eigenvalue weighted by Crippen LogP contribution is 2.06. The largest absolute Gasteiger partial charge is 1.00 e. The van der Waals surface area contributed by atoms with Gasteiger partial charge in [-0.2, -0.15) is 0 Å². The number of carbonyl (C=O) groups excluding carboxylic acids is 1. The fourth-order valence-electron chi connectivity index (χ4n) is 2.25. The lowest BCUT2D eigenvalue weighted by Crippen LogP contribution is -3.00. The van der Waals surface area contributed by atoms with Gasteiger partial charge in [-0.1, -0.05) is 18.2 Å². The number of piperidine rings is 1. The Labute approximate surface area is 114 Å². The summed E-state index contributed by atoms with van der Waals surface area (Å²) in [5.41, 5.74) is 0.639. The van der Waals surface area contributed by atoms with E-state index in [0.717, 1.165) is 6.42 Å². The minimum atomic E-state index is -0.207. The van der Waals surface area contributed by atoms with Crippen LogP contribution in [0, 0.1) is 0 Å². The summed E-state index contributed by atoms with van der Waals surface area (Å²) in [5.74, 6) is -0.207. The molecule has 0 spiro atoms. The molecule has 1 saturated heterocycles. The molecule has 0 aromatic heterocycles. The Hall–Kier alpha value is -1.06. The number of ether oxygens (including phenoxy) is 1. The van der Waals surface area contributed by atoms with Crippen molar-refractivity contribution in [1.29, 1.82) is 0 Å². The van der Waals surface area contributed by atoms with Crippen LogP contribution in [-0.4, -0.2) is 25.2 Å². The first-order chi connectivity index (χ1) is 8.36. The van der Waals surface area contributed by atoms with E-state index >= 15 is 0 Å². The van der Waals surface area contributed by atoms with E-state index in [9.17, 15) is 4.79 Å². The number of hydrogen-bond donors (Lipinski definition) is 1. The lowest BCUT2D eigenvalue weighted by atomic mass is 10.0. The summed E-state index contributed by atoms with van der Waals surface area (Å²) in [5, 5.41) is 2.37. The molecule has 0 radical (unpaired) electrons. The van der Waals surface area contributed by atoms with E-state index in [1.807, 2.05) is 18.2 Å². The van der Waals surface area contributed by atoms with E-state index in [4.69, 9.17) is 4.74 Å². The standard InChI is InChI=1S/C14H19NO2.ClH/c16-14(12-6-2-1-3-7-12)17-11-9-13-8-4-5-10-15-13;/h1-3,6-7,13,15H,4-5,8-11H2;1H. The van der Waals surface area contributed by atoms with Crippen molar-refractivity contribution in [3.05, 3.63) is 35.9 Å². The summed E-state index contributed by atoms with van der Waals surface area (Å²) in [6.45, 7) is 1.76. The Balaban J connectivity index is 0.00000162. The number of rotatable bonds is 4. The van der Waals surface area contributed by atoms with Crippen molar-refractivity contribution in [3.8, 4) is 0 Å². The molecule has 3 nitrogen and oxygen atoms in total. The van der Waals surface area contributed by atoms with Crippen molar-refractivity contribution < 1.29 is 27.3 Å². The van der Waals surface area contributed by atoms with Crippen molar-refractivity contribution in [3.63, 3.8) is 0 Å². The topological polar surface area (TPSA) is 42.9 Å². The van der Waals surface area contributed by atoms with Crippen LogP contribution in [0.25, 0.3) is 0 Å². The van der Waals surface area contributed by atoms with Gasteiger partial charge in [0.25, 0.3) is 0 Å². The third kappa shape index (κ3) is 4.67. The third-order valence-corrected chi connectivity index (χ3v) is 3.26. The van der Waals surface area contributed by atoms with Crippen LogP contribution < -0.4 is 17.7 Å². The Kier molecular flexibility index (Phi) is 6.76. The van der Waals surface area contributed by atoms with Gasteiger partial charge in [0.2, 0.25) is 0 Å². The van der Waals surface area contributed by atoms with Crippen LogP contribution in [-0.2, 0) is 4.74 Å². The average Bonchev–Trinajstić information content (AvgIpc) is 2.41. The SMILES string of the molecule is O=C(OCCC1CCCC[NH2+]1)c1ccccc1.[Cl-]. The highest BCUT2D eigenvalue weighted by Gasteiger charge is 2.16. The number of hydrogen-bond acceptors (Lipinski definition) is 2. The van der Waals surface area contributed by atoms with Gasteiger partial charge in [0.1, 0.15) is 0 Å². The second-order valence-corrected chi connectivity index (χ2v) is 4.57. The Morgan fingerprint density at radius 3 is 2.72 bits per heavy atom. The molecule has 1 aromatic rings. The predicted molar refractivity (Wildman–Crippen MR) is 65.8 cm³/mol. The van der Waals surface area contributed by atoms with Crippen molar-refractivity contribution in [2.24, 2.45) is 0 Å². The molecule has 0 bridgehead atoms. The maximum absolute atomic E-state index is 11.7. The van der Waals surface area contributed by atoms with E-state index in [0.29, 0.717) is 18.2 Å². The van der Waals surface area contributed by atoms with Gasteiger partial charge < -0.3 is 22.5 Å². The number of esters is 1. The van der Waals surface area contributed by atoms with Crippen molar-refractivity contribution in [1.82, 2.24) is 0 Å². The molecule has 0 amide bonds. The molecule has 1 aromatic carbocycles. The molecule has 2 rings (SSSR count). The van der Waals surface area contributed by atoms with Crippen molar-refractivity contribution >= 4 is 5.97 Å². The smallest absolute Gasteiger partial charge is 0.338 e. The molecule has 1 heterocycles. The van der Waals surface area contributed by atoms with Gasteiger partial charge in [0, 0.05) is 6.42 Å². The molecule has 1 atom stereocenters. The highest BCUT2D eigenvalue weighted by molar-refractivity contribution is 5.89. The minimum Gasteiger partial charge on any atom is -1.00 e. The van der Waals surface area contributed by atoms with Crippen LogP contribution in [0.15, 0.2) is 30.3 Å². The minimum absolute atomic E-state index is 0. The predicted octanol–water partition coefficient (Wildman–Crippen LogP) is -1.65. The normalized spacial score (nSPS) is 18.8. The van der Waals surface area contributed by atoms with Crippen LogP contribution >= 0.6 is 0 Å². The molecule has 100 valence electrons. The quantitative estimate of drug-likeness (QED) is 0.666. The monoisotopic (exact) mass is 269 g/mol. The van der Waals surface area contributed by atoms with Crippen molar-refractivity contribution in [2.45, 2.75) is 31.7 Å². The summed E-state index contributed by atoms with van der Waals surface area (Å²) in [6, 6.07) is 9.82. The molecule has 1 aliphatic rings. The summed E-state index contributed by atoms with van der Waals surface area (Å²) in [4.78, 5) is 11.7. The zero-order chi connectivity index (χ0) is 11.9. The lowest BCUT2D eigenvalue weighted by molar-refractivity contribution is -0.698. The van der Waals surface area contributed by atoms with Crippen LogP contribution in [0.1, 0.15) is 36.0 Å². The molecule has 1 unspecified atom stereocenters. The third-order valence-electron chi connectivity index (χ3n) is 3.26. The second-order valence-electron chi connectivity index (χ2n) is 4.57. The number of quaternary nitrogens is 1.